The number of nitrogens with zero attached hydrogens (tertiary/aromatic N) is 4. The molecule has 0 N–H and O–H groups in total. The van der Waals surface area contributed by atoms with Crippen LogP contribution in [0.3, 0.4) is 0 Å². The van der Waals surface area contributed by atoms with Crippen molar-refractivity contribution in [2.45, 2.75) is 26.7 Å². The van der Waals surface area contributed by atoms with E-state index in [0.29, 0.717) is 23.5 Å². The maximum atomic E-state index is 13.9. The van der Waals surface area contributed by atoms with Crippen LogP contribution < -0.4 is 14.6 Å². The Hall–Kier alpha value is -4.52. The van der Waals surface area contributed by atoms with Gasteiger partial charge in [0, 0.05) is 17.7 Å². The van der Waals surface area contributed by atoms with Crippen LogP contribution in [0.1, 0.15) is 30.2 Å². The molecule has 1 aliphatic rings. The summed E-state index contributed by atoms with van der Waals surface area (Å²) in [7, 11) is 0. The molecule has 0 bridgehead atoms. The van der Waals surface area contributed by atoms with Crippen LogP contribution in [0.25, 0.3) is 17.0 Å². The zero-order chi connectivity index (χ0) is 24.5. The van der Waals surface area contributed by atoms with Gasteiger partial charge >= 0.3 is 5.91 Å². The molecule has 0 fully saturated rings. The van der Waals surface area contributed by atoms with E-state index in [-0.39, 0.29) is 16.8 Å². The van der Waals surface area contributed by atoms with E-state index in [4.69, 9.17) is 0 Å². The zero-order valence-corrected chi connectivity index (χ0v) is 19.5. The second-order valence-electron chi connectivity index (χ2n) is 8.41. The number of carbonyl (C=O) groups is 2. The number of carbonyl (C=O) groups excluding carboxylic acids is 2. The van der Waals surface area contributed by atoms with E-state index in [2.05, 4.69) is 5.10 Å². The topological polar surface area (TPSA) is 82.1 Å². The van der Waals surface area contributed by atoms with E-state index in [1.54, 1.807) is 53.4 Å². The molecule has 0 spiro atoms. The Labute approximate surface area is 203 Å². The van der Waals surface area contributed by atoms with Crippen molar-refractivity contribution in [1.82, 2.24) is 9.78 Å². The molecular formula is C28H24N4O3. The first kappa shape index (κ1) is 22.3. The highest BCUT2D eigenvalue weighted by molar-refractivity contribution is 6.53. The van der Waals surface area contributed by atoms with Crippen molar-refractivity contribution in [2.24, 2.45) is 0 Å². The van der Waals surface area contributed by atoms with E-state index in [1.807, 2.05) is 50.2 Å². The lowest BCUT2D eigenvalue weighted by atomic mass is 10.0. The summed E-state index contributed by atoms with van der Waals surface area (Å²) in [5, 5.41) is 18.3. The second-order valence-corrected chi connectivity index (χ2v) is 8.41. The van der Waals surface area contributed by atoms with Gasteiger partial charge in [0.1, 0.15) is 5.57 Å². The number of rotatable bonds is 6. The predicted octanol–water partition coefficient (Wildman–Crippen LogP) is 3.44. The summed E-state index contributed by atoms with van der Waals surface area (Å²) in [6.07, 6.45) is 4.62. The lowest BCUT2D eigenvalue weighted by molar-refractivity contribution is -0.576. The number of imide groups is 1. The van der Waals surface area contributed by atoms with E-state index in [0.717, 1.165) is 16.9 Å². The number of para-hydroxylation sites is 1. The molecule has 7 heteroatoms. The average Bonchev–Trinajstić information content (AvgIpc) is 3.33. The van der Waals surface area contributed by atoms with Gasteiger partial charge in [0.05, 0.1) is 17.1 Å². The number of aromatic nitrogens is 3. The highest BCUT2D eigenvalue weighted by Gasteiger charge is 2.47. The SMILES string of the molecule is CCCc1nn(-c2ccccc2)c([O-])c1C1=C([n+]2ccccc2)C(=O)N(c2ccc(C)cc2)C1=O. The van der Waals surface area contributed by atoms with Gasteiger partial charge in [-0.25, -0.2) is 9.58 Å². The summed E-state index contributed by atoms with van der Waals surface area (Å²) in [4.78, 5) is 28.8. The molecule has 0 unspecified atom stereocenters. The molecular weight excluding hydrogens is 440 g/mol. The van der Waals surface area contributed by atoms with Crippen molar-refractivity contribution < 1.29 is 19.3 Å². The van der Waals surface area contributed by atoms with Crippen LogP contribution in [0.4, 0.5) is 5.69 Å². The molecule has 0 aliphatic carbocycles. The van der Waals surface area contributed by atoms with E-state index < -0.39 is 17.7 Å². The molecule has 4 aromatic rings. The Morgan fingerprint density at radius 2 is 1.51 bits per heavy atom. The first-order valence-electron chi connectivity index (χ1n) is 11.5. The molecule has 0 radical (unpaired) electrons. The summed E-state index contributed by atoms with van der Waals surface area (Å²) >= 11 is 0. The molecule has 3 heterocycles. The van der Waals surface area contributed by atoms with Crippen LogP contribution >= 0.6 is 0 Å². The minimum absolute atomic E-state index is 0.0717. The third-order valence-corrected chi connectivity index (χ3v) is 5.98. The van der Waals surface area contributed by atoms with Crippen LogP contribution in [0, 0.1) is 6.92 Å². The Morgan fingerprint density at radius 1 is 0.857 bits per heavy atom. The van der Waals surface area contributed by atoms with Gasteiger partial charge in [0.15, 0.2) is 12.4 Å². The zero-order valence-electron chi connectivity index (χ0n) is 19.5. The maximum absolute atomic E-state index is 13.9. The van der Waals surface area contributed by atoms with Crippen molar-refractivity contribution >= 4 is 28.8 Å². The number of hydrogen-bond donors (Lipinski definition) is 0. The van der Waals surface area contributed by atoms with Gasteiger partial charge in [-0.3, -0.25) is 9.59 Å². The Balaban J connectivity index is 1.76. The quantitative estimate of drug-likeness (QED) is 0.323. The molecule has 0 saturated heterocycles. The Kier molecular flexibility index (Phi) is 5.74. The van der Waals surface area contributed by atoms with Gasteiger partial charge in [-0.2, -0.15) is 9.67 Å². The number of amides is 2. The van der Waals surface area contributed by atoms with Crippen molar-refractivity contribution in [1.29, 1.82) is 0 Å². The fourth-order valence-electron chi connectivity index (χ4n) is 4.31. The standard InChI is InChI=1S/C28H24N4O3/c1-3-10-22-23(27(34)32(29-22)21-11-6-4-7-12-21)24-25(30-17-8-5-9-18-30)28(35)31(26(24)33)20-15-13-19(2)14-16-20/h4-9,11-18H,3,10H2,1-2H3. The van der Waals surface area contributed by atoms with Gasteiger partial charge in [-0.05, 0) is 43.5 Å². The lowest BCUT2D eigenvalue weighted by Crippen LogP contribution is -2.39. The first-order chi connectivity index (χ1) is 17.0. The largest absolute Gasteiger partial charge is 0.858 e. The van der Waals surface area contributed by atoms with E-state index in [9.17, 15) is 14.7 Å². The van der Waals surface area contributed by atoms with Crippen molar-refractivity contribution in [2.75, 3.05) is 4.90 Å². The molecule has 0 saturated carbocycles. The fourth-order valence-corrected chi connectivity index (χ4v) is 4.31. The van der Waals surface area contributed by atoms with Gasteiger partial charge in [0.2, 0.25) is 0 Å². The van der Waals surface area contributed by atoms with E-state index >= 15 is 0 Å². The third-order valence-electron chi connectivity index (χ3n) is 5.98. The number of aryl methyl sites for hydroxylation is 2. The molecule has 5 rings (SSSR count). The molecule has 2 amide bonds. The molecule has 2 aromatic carbocycles. The van der Waals surface area contributed by atoms with Crippen LogP contribution in [0.15, 0.2) is 85.2 Å². The maximum Gasteiger partial charge on any atom is 0.331 e. The molecule has 2 aromatic heterocycles. The van der Waals surface area contributed by atoms with Crippen molar-refractivity contribution in [3.63, 3.8) is 0 Å². The molecule has 174 valence electrons. The van der Waals surface area contributed by atoms with Crippen molar-refractivity contribution in [3.05, 3.63) is 102 Å². The monoisotopic (exact) mass is 464 g/mol. The summed E-state index contributed by atoms with van der Waals surface area (Å²) in [6, 6.07) is 21.6. The summed E-state index contributed by atoms with van der Waals surface area (Å²) < 4.78 is 2.91. The summed E-state index contributed by atoms with van der Waals surface area (Å²) in [5.74, 6) is -1.44. The van der Waals surface area contributed by atoms with Crippen LogP contribution in [-0.4, -0.2) is 21.6 Å². The van der Waals surface area contributed by atoms with Gasteiger partial charge < -0.3 is 5.11 Å². The number of pyridine rings is 1. The number of benzene rings is 2. The number of anilines is 1. The molecule has 35 heavy (non-hydrogen) atoms. The minimum atomic E-state index is -0.535. The van der Waals surface area contributed by atoms with Gasteiger partial charge in [-0.15, -0.1) is 0 Å². The predicted molar refractivity (Wildman–Crippen MR) is 130 cm³/mol. The number of hydrogen-bond acceptors (Lipinski definition) is 4. The lowest BCUT2D eigenvalue weighted by Gasteiger charge is -2.16. The fraction of sp³-hybridized carbons (Fsp3) is 0.143. The highest BCUT2D eigenvalue weighted by atomic mass is 16.3. The van der Waals surface area contributed by atoms with Crippen LogP contribution in [0.2, 0.25) is 0 Å². The Bertz CT molecular complexity index is 1440. The summed E-state index contributed by atoms with van der Waals surface area (Å²) in [6.45, 7) is 3.92. The van der Waals surface area contributed by atoms with Gasteiger partial charge in [0.25, 0.3) is 11.6 Å². The Morgan fingerprint density at radius 3 is 2.17 bits per heavy atom. The molecule has 0 atom stereocenters. The van der Waals surface area contributed by atoms with E-state index in [1.165, 1.54) is 4.68 Å². The molecule has 1 aliphatic heterocycles. The molecule has 7 nitrogen and oxygen atoms in total. The second kappa shape index (κ2) is 9.02. The third kappa shape index (κ3) is 3.81. The first-order valence-corrected chi connectivity index (χ1v) is 11.5. The highest BCUT2D eigenvalue weighted by Crippen LogP contribution is 2.39. The van der Waals surface area contributed by atoms with Gasteiger partial charge in [-0.1, -0.05) is 55.3 Å². The van der Waals surface area contributed by atoms with Crippen molar-refractivity contribution in [3.8, 4) is 11.6 Å². The normalized spacial score (nSPS) is 13.7. The average molecular weight is 465 g/mol. The van der Waals surface area contributed by atoms with Crippen LogP contribution in [-0.2, 0) is 16.0 Å². The summed E-state index contributed by atoms with van der Waals surface area (Å²) in [5.41, 5.74) is 2.94. The van der Waals surface area contributed by atoms with Crippen LogP contribution in [0.5, 0.6) is 5.88 Å². The smallest absolute Gasteiger partial charge is 0.331 e. The minimum Gasteiger partial charge on any atom is -0.858 e.